The summed E-state index contributed by atoms with van der Waals surface area (Å²) in [6, 6.07) is 12.8. The first-order valence-corrected chi connectivity index (χ1v) is 9.08. The van der Waals surface area contributed by atoms with Crippen LogP contribution in [0.3, 0.4) is 0 Å². The van der Waals surface area contributed by atoms with Crippen LogP contribution >= 0.6 is 0 Å². The molecule has 0 unspecified atom stereocenters. The molecule has 1 aromatic carbocycles. The molecule has 0 fully saturated rings. The molecule has 2 heterocycles. The van der Waals surface area contributed by atoms with Crippen LogP contribution in [-0.4, -0.2) is 18.6 Å². The van der Waals surface area contributed by atoms with Gasteiger partial charge < -0.3 is 4.52 Å². The largest absolute Gasteiger partial charge is 0.364 e. The van der Waals surface area contributed by atoms with E-state index in [1.165, 1.54) is 12.3 Å². The second kappa shape index (κ2) is 6.94. The first-order chi connectivity index (χ1) is 11.5. The molecular formula is C17H17N3O3S. The molecule has 3 aromatic rings. The highest BCUT2D eigenvalue weighted by Gasteiger charge is 2.18. The van der Waals surface area contributed by atoms with Gasteiger partial charge in [0.25, 0.3) is 0 Å². The SMILES string of the molecule is C[C@H](NS(=O)(=O)Cc1ccon1)c1ccc(-c2cccnc2)cc1. The molecule has 1 N–H and O–H groups in total. The van der Waals surface area contributed by atoms with E-state index in [2.05, 4.69) is 19.4 Å². The number of pyridine rings is 1. The fourth-order valence-electron chi connectivity index (χ4n) is 2.38. The number of hydrogen-bond acceptors (Lipinski definition) is 5. The van der Waals surface area contributed by atoms with Crippen LogP contribution in [0.15, 0.2) is 65.6 Å². The molecule has 0 aliphatic rings. The van der Waals surface area contributed by atoms with Crippen LogP contribution < -0.4 is 4.72 Å². The zero-order valence-corrected chi connectivity index (χ0v) is 13.9. The molecule has 0 aliphatic heterocycles. The molecule has 124 valence electrons. The van der Waals surface area contributed by atoms with Gasteiger partial charge in [-0.1, -0.05) is 35.5 Å². The summed E-state index contributed by atoms with van der Waals surface area (Å²) in [7, 11) is -3.50. The Labute approximate surface area is 140 Å². The van der Waals surface area contributed by atoms with Crippen molar-refractivity contribution in [3.8, 4) is 11.1 Å². The van der Waals surface area contributed by atoms with Gasteiger partial charge in [-0.05, 0) is 29.7 Å². The molecule has 0 radical (unpaired) electrons. The second-order valence-electron chi connectivity index (χ2n) is 5.45. The van der Waals surface area contributed by atoms with E-state index in [0.29, 0.717) is 5.69 Å². The molecule has 0 saturated carbocycles. The monoisotopic (exact) mass is 343 g/mol. The summed E-state index contributed by atoms with van der Waals surface area (Å²) in [5.74, 6) is -0.207. The zero-order valence-electron chi connectivity index (χ0n) is 13.1. The Morgan fingerprint density at radius 3 is 2.54 bits per heavy atom. The number of sulfonamides is 1. The first-order valence-electron chi connectivity index (χ1n) is 7.43. The van der Waals surface area contributed by atoms with E-state index >= 15 is 0 Å². The summed E-state index contributed by atoms with van der Waals surface area (Å²) < 4.78 is 31.6. The van der Waals surface area contributed by atoms with Crippen molar-refractivity contribution in [1.82, 2.24) is 14.9 Å². The van der Waals surface area contributed by atoms with Crippen molar-refractivity contribution in [2.45, 2.75) is 18.7 Å². The highest BCUT2D eigenvalue weighted by atomic mass is 32.2. The maximum Gasteiger partial charge on any atom is 0.218 e. The van der Waals surface area contributed by atoms with Crippen molar-refractivity contribution in [2.24, 2.45) is 0 Å². The first kappa shape index (κ1) is 16.4. The molecular weight excluding hydrogens is 326 g/mol. The molecule has 0 saturated heterocycles. The molecule has 0 amide bonds. The Morgan fingerprint density at radius 2 is 1.92 bits per heavy atom. The number of nitrogens with one attached hydrogen (secondary N) is 1. The van der Waals surface area contributed by atoms with Gasteiger partial charge in [0.1, 0.15) is 12.0 Å². The van der Waals surface area contributed by atoms with Crippen molar-refractivity contribution in [3.63, 3.8) is 0 Å². The summed E-state index contributed by atoms with van der Waals surface area (Å²) in [6.45, 7) is 1.80. The lowest BCUT2D eigenvalue weighted by Gasteiger charge is -2.14. The van der Waals surface area contributed by atoms with E-state index < -0.39 is 10.0 Å². The fraction of sp³-hybridized carbons (Fsp3) is 0.176. The van der Waals surface area contributed by atoms with Crippen LogP contribution in [0.5, 0.6) is 0 Å². The summed E-state index contributed by atoms with van der Waals surface area (Å²) in [4.78, 5) is 4.10. The Hall–Kier alpha value is -2.51. The normalized spacial score (nSPS) is 12.9. The van der Waals surface area contributed by atoms with Crippen LogP contribution in [0, 0.1) is 0 Å². The topological polar surface area (TPSA) is 85.1 Å². The molecule has 6 nitrogen and oxygen atoms in total. The third-order valence-electron chi connectivity index (χ3n) is 3.59. The van der Waals surface area contributed by atoms with Crippen molar-refractivity contribution in [2.75, 3.05) is 0 Å². The minimum absolute atomic E-state index is 0.207. The standard InChI is InChI=1S/C17H17N3O3S/c1-13(20-24(21,22)12-17-8-10-23-19-17)14-4-6-15(7-5-14)16-3-2-9-18-11-16/h2-11,13,20H,12H2,1H3/t13-/m0/s1. The van der Waals surface area contributed by atoms with E-state index in [9.17, 15) is 8.42 Å². The predicted octanol–water partition coefficient (Wildman–Crippen LogP) is 2.92. The zero-order chi connectivity index (χ0) is 17.0. The van der Waals surface area contributed by atoms with E-state index in [1.54, 1.807) is 19.3 Å². The minimum atomic E-state index is -3.50. The molecule has 0 bridgehead atoms. The van der Waals surface area contributed by atoms with Gasteiger partial charge in [-0.25, -0.2) is 13.1 Å². The van der Waals surface area contributed by atoms with Crippen molar-refractivity contribution < 1.29 is 12.9 Å². The van der Waals surface area contributed by atoms with Gasteiger partial charge in [0.2, 0.25) is 10.0 Å². The summed E-state index contributed by atoms with van der Waals surface area (Å²) in [5.41, 5.74) is 3.31. The molecule has 2 aromatic heterocycles. The second-order valence-corrected chi connectivity index (χ2v) is 7.21. The Bertz CT molecular complexity index is 877. The van der Waals surface area contributed by atoms with Crippen molar-refractivity contribution in [3.05, 3.63) is 72.4 Å². The Morgan fingerprint density at radius 1 is 1.12 bits per heavy atom. The van der Waals surface area contributed by atoms with Crippen LogP contribution in [-0.2, 0) is 15.8 Å². The average molecular weight is 343 g/mol. The van der Waals surface area contributed by atoms with Crippen LogP contribution in [0.25, 0.3) is 11.1 Å². The third-order valence-corrected chi connectivity index (χ3v) is 4.98. The van der Waals surface area contributed by atoms with E-state index in [-0.39, 0.29) is 11.8 Å². The summed E-state index contributed by atoms with van der Waals surface area (Å²) in [5, 5.41) is 3.63. The molecule has 0 spiro atoms. The Balaban J connectivity index is 1.70. The molecule has 24 heavy (non-hydrogen) atoms. The van der Waals surface area contributed by atoms with Gasteiger partial charge in [-0.2, -0.15) is 0 Å². The molecule has 1 atom stereocenters. The maximum atomic E-state index is 12.2. The number of nitrogens with zero attached hydrogens (tertiary/aromatic N) is 2. The lowest BCUT2D eigenvalue weighted by molar-refractivity contribution is 0.413. The predicted molar refractivity (Wildman–Crippen MR) is 90.4 cm³/mol. The lowest BCUT2D eigenvalue weighted by Crippen LogP contribution is -2.28. The van der Waals surface area contributed by atoms with Gasteiger partial charge in [0, 0.05) is 24.5 Å². The van der Waals surface area contributed by atoms with Gasteiger partial charge in [0.05, 0.1) is 5.69 Å². The maximum absolute atomic E-state index is 12.2. The van der Waals surface area contributed by atoms with E-state index in [0.717, 1.165) is 16.7 Å². The van der Waals surface area contributed by atoms with Crippen LogP contribution in [0.2, 0.25) is 0 Å². The van der Waals surface area contributed by atoms with Crippen LogP contribution in [0.1, 0.15) is 24.2 Å². The lowest BCUT2D eigenvalue weighted by atomic mass is 10.0. The average Bonchev–Trinajstić information content (AvgIpc) is 3.07. The van der Waals surface area contributed by atoms with Gasteiger partial charge in [0.15, 0.2) is 0 Å². The van der Waals surface area contributed by atoms with Crippen molar-refractivity contribution in [1.29, 1.82) is 0 Å². The Kier molecular flexibility index (Phi) is 4.73. The number of aromatic nitrogens is 2. The van der Waals surface area contributed by atoms with E-state index in [4.69, 9.17) is 0 Å². The van der Waals surface area contributed by atoms with E-state index in [1.807, 2.05) is 36.4 Å². The number of rotatable bonds is 6. The van der Waals surface area contributed by atoms with Gasteiger partial charge in [-0.15, -0.1) is 0 Å². The summed E-state index contributed by atoms with van der Waals surface area (Å²) in [6.07, 6.45) is 4.87. The number of hydrogen-bond donors (Lipinski definition) is 1. The highest BCUT2D eigenvalue weighted by molar-refractivity contribution is 7.88. The smallest absolute Gasteiger partial charge is 0.218 e. The summed E-state index contributed by atoms with van der Waals surface area (Å²) >= 11 is 0. The fourth-order valence-corrected chi connectivity index (χ4v) is 3.68. The van der Waals surface area contributed by atoms with Crippen molar-refractivity contribution >= 4 is 10.0 Å². The van der Waals surface area contributed by atoms with Gasteiger partial charge in [-0.3, -0.25) is 4.98 Å². The quantitative estimate of drug-likeness (QED) is 0.744. The molecule has 7 heteroatoms. The minimum Gasteiger partial charge on any atom is -0.364 e. The highest BCUT2D eigenvalue weighted by Crippen LogP contribution is 2.21. The molecule has 3 rings (SSSR count). The molecule has 0 aliphatic carbocycles. The number of benzene rings is 1. The third kappa shape index (κ3) is 4.06. The van der Waals surface area contributed by atoms with Crippen LogP contribution in [0.4, 0.5) is 0 Å². The van der Waals surface area contributed by atoms with Gasteiger partial charge >= 0.3 is 0 Å².